The number of aromatic carboxylic acids is 1. The summed E-state index contributed by atoms with van der Waals surface area (Å²) in [5.74, 6) is -0.391. The third-order valence-corrected chi connectivity index (χ3v) is 3.11. The average Bonchev–Trinajstić information content (AvgIpc) is 2.52. The van der Waals surface area contributed by atoms with Crippen molar-refractivity contribution >= 4 is 5.97 Å². The van der Waals surface area contributed by atoms with Gasteiger partial charge in [0, 0.05) is 25.0 Å². The molecule has 1 aromatic heterocycles. The van der Waals surface area contributed by atoms with Crippen LogP contribution in [0.1, 0.15) is 28.9 Å². The number of benzene rings is 1. The maximum Gasteiger partial charge on any atom is 0.335 e. The van der Waals surface area contributed by atoms with Gasteiger partial charge in [-0.3, -0.25) is 4.98 Å². The largest absolute Gasteiger partial charge is 0.492 e. The molecule has 0 spiro atoms. The van der Waals surface area contributed by atoms with Gasteiger partial charge in [-0.15, -0.1) is 0 Å². The second-order valence-corrected chi connectivity index (χ2v) is 4.64. The third kappa shape index (κ3) is 4.57. The highest BCUT2D eigenvalue weighted by Crippen LogP contribution is 2.13. The van der Waals surface area contributed by atoms with Crippen LogP contribution in [0.15, 0.2) is 48.8 Å². The Bertz CT molecular complexity index is 587. The van der Waals surface area contributed by atoms with Crippen LogP contribution >= 0.6 is 0 Å². The fraction of sp³-hybridized carbons (Fsp3) is 0.250. The van der Waals surface area contributed by atoms with Crippen LogP contribution in [0.5, 0.6) is 5.75 Å². The third-order valence-electron chi connectivity index (χ3n) is 3.11. The quantitative estimate of drug-likeness (QED) is 0.765. The van der Waals surface area contributed by atoms with Crippen molar-refractivity contribution in [3.8, 4) is 5.75 Å². The molecule has 110 valence electrons. The molecule has 0 fully saturated rings. The van der Waals surface area contributed by atoms with Crippen LogP contribution in [0, 0.1) is 0 Å². The van der Waals surface area contributed by atoms with Crippen LogP contribution in [0.25, 0.3) is 0 Å². The summed E-state index contributed by atoms with van der Waals surface area (Å²) in [6.45, 7) is 3.21. The molecular formula is C16H18N2O3. The molecule has 2 N–H and O–H groups in total. The number of nitrogens with zero attached hydrogens (tertiary/aromatic N) is 1. The molecule has 0 aliphatic rings. The molecule has 1 atom stereocenters. The van der Waals surface area contributed by atoms with Crippen LogP contribution in [-0.4, -0.2) is 29.2 Å². The van der Waals surface area contributed by atoms with E-state index in [0.717, 1.165) is 5.56 Å². The summed E-state index contributed by atoms with van der Waals surface area (Å²) in [4.78, 5) is 14.8. The van der Waals surface area contributed by atoms with Crippen LogP contribution in [0.4, 0.5) is 0 Å². The molecule has 0 saturated heterocycles. The number of carboxylic acid groups (broad SMARTS) is 1. The molecule has 1 unspecified atom stereocenters. The van der Waals surface area contributed by atoms with Crippen molar-refractivity contribution in [1.82, 2.24) is 10.3 Å². The van der Waals surface area contributed by atoms with Gasteiger partial charge in [0.15, 0.2) is 0 Å². The number of aromatic nitrogens is 1. The van der Waals surface area contributed by atoms with E-state index in [2.05, 4.69) is 17.2 Å². The van der Waals surface area contributed by atoms with E-state index in [9.17, 15) is 4.79 Å². The van der Waals surface area contributed by atoms with Crippen molar-refractivity contribution in [2.24, 2.45) is 0 Å². The molecular weight excluding hydrogens is 268 g/mol. The van der Waals surface area contributed by atoms with Gasteiger partial charge in [0.1, 0.15) is 12.4 Å². The van der Waals surface area contributed by atoms with E-state index < -0.39 is 5.97 Å². The molecule has 0 amide bonds. The van der Waals surface area contributed by atoms with Crippen molar-refractivity contribution in [2.45, 2.75) is 13.0 Å². The van der Waals surface area contributed by atoms with E-state index in [1.807, 2.05) is 12.1 Å². The molecule has 1 heterocycles. The Balaban J connectivity index is 1.77. The predicted molar refractivity (Wildman–Crippen MR) is 79.6 cm³/mol. The first-order valence-corrected chi connectivity index (χ1v) is 6.76. The van der Waals surface area contributed by atoms with Crippen LogP contribution in [0.2, 0.25) is 0 Å². The van der Waals surface area contributed by atoms with Crippen molar-refractivity contribution in [3.63, 3.8) is 0 Å². The molecule has 1 aromatic carbocycles. The Morgan fingerprint density at radius 3 is 2.81 bits per heavy atom. The van der Waals surface area contributed by atoms with Gasteiger partial charge in [-0.2, -0.15) is 0 Å². The zero-order valence-corrected chi connectivity index (χ0v) is 11.8. The Labute approximate surface area is 123 Å². The highest BCUT2D eigenvalue weighted by Gasteiger charge is 2.05. The molecule has 21 heavy (non-hydrogen) atoms. The summed E-state index contributed by atoms with van der Waals surface area (Å²) in [7, 11) is 0. The zero-order valence-electron chi connectivity index (χ0n) is 11.8. The Morgan fingerprint density at radius 1 is 1.33 bits per heavy atom. The second kappa shape index (κ2) is 7.40. The Kier molecular flexibility index (Phi) is 5.29. The van der Waals surface area contributed by atoms with E-state index in [0.29, 0.717) is 18.9 Å². The molecule has 0 bridgehead atoms. The highest BCUT2D eigenvalue weighted by atomic mass is 16.5. The van der Waals surface area contributed by atoms with Crippen LogP contribution in [-0.2, 0) is 0 Å². The van der Waals surface area contributed by atoms with E-state index in [4.69, 9.17) is 9.84 Å². The average molecular weight is 286 g/mol. The number of ether oxygens (including phenoxy) is 1. The fourth-order valence-corrected chi connectivity index (χ4v) is 1.93. The lowest BCUT2D eigenvalue weighted by atomic mass is 10.1. The maximum absolute atomic E-state index is 10.9. The lowest BCUT2D eigenvalue weighted by Crippen LogP contribution is -2.24. The molecule has 2 rings (SSSR count). The Hall–Kier alpha value is -2.40. The fourth-order valence-electron chi connectivity index (χ4n) is 1.93. The number of carbonyl (C=O) groups is 1. The Morgan fingerprint density at radius 2 is 2.10 bits per heavy atom. The first kappa shape index (κ1) is 15.0. The van der Waals surface area contributed by atoms with Crippen molar-refractivity contribution in [2.75, 3.05) is 13.2 Å². The highest BCUT2D eigenvalue weighted by molar-refractivity contribution is 5.87. The smallest absolute Gasteiger partial charge is 0.335 e. The van der Waals surface area contributed by atoms with Crippen molar-refractivity contribution in [3.05, 3.63) is 59.9 Å². The molecule has 2 aromatic rings. The van der Waals surface area contributed by atoms with E-state index in [1.54, 1.807) is 30.6 Å². The zero-order chi connectivity index (χ0) is 15.1. The molecule has 0 saturated carbocycles. The minimum absolute atomic E-state index is 0.210. The number of pyridine rings is 1. The number of hydrogen-bond acceptors (Lipinski definition) is 4. The first-order valence-electron chi connectivity index (χ1n) is 6.76. The van der Waals surface area contributed by atoms with Crippen molar-refractivity contribution in [1.29, 1.82) is 0 Å². The van der Waals surface area contributed by atoms with Gasteiger partial charge in [0.2, 0.25) is 0 Å². The second-order valence-electron chi connectivity index (χ2n) is 4.64. The standard InChI is InChI=1S/C16H18N2O3/c1-12(13-5-7-17-8-6-13)18-9-10-21-15-4-2-3-14(11-15)16(19)20/h2-8,11-12,18H,9-10H2,1H3,(H,19,20). The molecule has 0 aliphatic carbocycles. The molecule has 5 nitrogen and oxygen atoms in total. The summed E-state index contributed by atoms with van der Waals surface area (Å²) in [5, 5.41) is 12.2. The summed E-state index contributed by atoms with van der Waals surface area (Å²) >= 11 is 0. The monoisotopic (exact) mass is 286 g/mol. The predicted octanol–water partition coefficient (Wildman–Crippen LogP) is 2.51. The number of carboxylic acids is 1. The van der Waals surface area contributed by atoms with E-state index in [1.165, 1.54) is 6.07 Å². The van der Waals surface area contributed by atoms with Gasteiger partial charge < -0.3 is 15.2 Å². The molecule has 0 aliphatic heterocycles. The molecule has 5 heteroatoms. The number of nitrogens with one attached hydrogen (secondary N) is 1. The summed E-state index contributed by atoms with van der Waals surface area (Å²) in [6.07, 6.45) is 3.53. The van der Waals surface area contributed by atoms with Crippen molar-refractivity contribution < 1.29 is 14.6 Å². The van der Waals surface area contributed by atoms with Gasteiger partial charge in [0.05, 0.1) is 5.56 Å². The summed E-state index contributed by atoms with van der Waals surface area (Å²) in [5.41, 5.74) is 1.39. The maximum atomic E-state index is 10.9. The van der Waals surface area contributed by atoms with E-state index >= 15 is 0 Å². The van der Waals surface area contributed by atoms with Crippen LogP contribution < -0.4 is 10.1 Å². The minimum Gasteiger partial charge on any atom is -0.492 e. The van der Waals surface area contributed by atoms with Gasteiger partial charge in [0.25, 0.3) is 0 Å². The topological polar surface area (TPSA) is 71.5 Å². The SMILES string of the molecule is CC(NCCOc1cccc(C(=O)O)c1)c1ccncc1. The first-order chi connectivity index (χ1) is 10.2. The lowest BCUT2D eigenvalue weighted by Gasteiger charge is -2.14. The van der Waals surface area contributed by atoms with Crippen LogP contribution in [0.3, 0.4) is 0 Å². The van der Waals surface area contributed by atoms with Gasteiger partial charge in [-0.25, -0.2) is 4.79 Å². The van der Waals surface area contributed by atoms with Gasteiger partial charge >= 0.3 is 5.97 Å². The number of hydrogen-bond donors (Lipinski definition) is 2. The summed E-state index contributed by atoms with van der Waals surface area (Å²) < 4.78 is 5.54. The minimum atomic E-state index is -0.954. The van der Waals surface area contributed by atoms with E-state index in [-0.39, 0.29) is 11.6 Å². The van der Waals surface area contributed by atoms with Gasteiger partial charge in [-0.05, 0) is 42.8 Å². The molecule has 0 radical (unpaired) electrons. The number of rotatable bonds is 7. The normalized spacial score (nSPS) is 11.9. The van der Waals surface area contributed by atoms with Gasteiger partial charge in [-0.1, -0.05) is 6.07 Å². The summed E-state index contributed by atoms with van der Waals surface area (Å²) in [6, 6.07) is 10.6. The lowest BCUT2D eigenvalue weighted by molar-refractivity contribution is 0.0696.